The van der Waals surface area contributed by atoms with Crippen molar-refractivity contribution < 1.29 is 38.6 Å². The molecule has 2 aromatic rings. The lowest BCUT2D eigenvalue weighted by Gasteiger charge is -2.24. The van der Waals surface area contributed by atoms with E-state index >= 15 is 0 Å². The van der Waals surface area contributed by atoms with E-state index < -0.39 is 59.4 Å². The van der Waals surface area contributed by atoms with Crippen LogP contribution in [0.3, 0.4) is 0 Å². The highest BCUT2D eigenvalue weighted by Gasteiger charge is 2.28. The maximum absolute atomic E-state index is 13.0. The van der Waals surface area contributed by atoms with Gasteiger partial charge in [0.15, 0.2) is 0 Å². The zero-order valence-electron chi connectivity index (χ0n) is 23.2. The molecule has 2 unspecified atom stereocenters. The minimum Gasteiger partial charge on any atom is -0.474 e. The van der Waals surface area contributed by atoms with Gasteiger partial charge in [0.1, 0.15) is 23.7 Å². The van der Waals surface area contributed by atoms with Crippen molar-refractivity contribution in [3.05, 3.63) is 71.8 Å². The second kappa shape index (κ2) is 15.0. The van der Waals surface area contributed by atoms with E-state index in [4.69, 9.17) is 9.84 Å². The lowest BCUT2D eigenvalue weighted by Crippen LogP contribution is -2.58. The van der Waals surface area contributed by atoms with Crippen LogP contribution in [0.4, 0.5) is 4.79 Å². The van der Waals surface area contributed by atoms with Crippen molar-refractivity contribution >= 4 is 35.7 Å². The van der Waals surface area contributed by atoms with Gasteiger partial charge in [0.2, 0.25) is 5.91 Å². The van der Waals surface area contributed by atoms with Crippen LogP contribution >= 0.6 is 0 Å². The summed E-state index contributed by atoms with van der Waals surface area (Å²) in [6, 6.07) is 13.9. The number of carbonyl (C=O) groups excluding carboxylic acids is 5. The van der Waals surface area contributed by atoms with Crippen molar-refractivity contribution in [2.75, 3.05) is 0 Å². The number of rotatable bonds is 10. The Morgan fingerprint density at radius 3 is 1.63 bits per heavy atom. The molecule has 0 bridgehead atoms. The third kappa shape index (κ3) is 11.8. The van der Waals surface area contributed by atoms with Gasteiger partial charge in [-0.2, -0.15) is 0 Å². The Balaban J connectivity index is 2.03. The second-order valence-electron chi connectivity index (χ2n) is 10.1. The number of alkyl carbamates (subject to hydrolysis) is 1. The zero-order valence-corrected chi connectivity index (χ0v) is 23.2. The Labute approximate surface area is 237 Å². The number of amides is 5. The van der Waals surface area contributed by atoms with Gasteiger partial charge in [-0.05, 0) is 38.8 Å². The number of carboxylic acids is 1. The molecule has 220 valence electrons. The molecule has 0 saturated carbocycles. The van der Waals surface area contributed by atoms with E-state index in [0.717, 1.165) is 5.56 Å². The van der Waals surface area contributed by atoms with Gasteiger partial charge in [-0.25, -0.2) is 9.59 Å². The van der Waals surface area contributed by atoms with Crippen molar-refractivity contribution in [1.82, 2.24) is 26.8 Å². The number of carbonyl (C=O) groups is 6. The second-order valence-corrected chi connectivity index (χ2v) is 10.1. The van der Waals surface area contributed by atoms with Gasteiger partial charge in [0.25, 0.3) is 11.8 Å². The Bertz CT molecular complexity index is 1230. The minimum absolute atomic E-state index is 0.0502. The van der Waals surface area contributed by atoms with Crippen LogP contribution in [0.15, 0.2) is 60.7 Å². The molecule has 41 heavy (non-hydrogen) atoms. The summed E-state index contributed by atoms with van der Waals surface area (Å²) in [6.07, 6.45) is -0.752. The maximum Gasteiger partial charge on any atom is 0.408 e. The number of aliphatic carboxylic acids is 1. The molecule has 0 aliphatic rings. The molecule has 2 aromatic carbocycles. The highest BCUT2D eigenvalue weighted by atomic mass is 16.6. The summed E-state index contributed by atoms with van der Waals surface area (Å²) < 4.78 is 5.26. The van der Waals surface area contributed by atoms with Crippen LogP contribution in [0.1, 0.15) is 38.8 Å². The lowest BCUT2D eigenvalue weighted by molar-refractivity contribution is -0.151. The Morgan fingerprint density at radius 1 is 0.707 bits per heavy atom. The Hall–Kier alpha value is -4.94. The lowest BCUT2D eigenvalue weighted by atomic mass is 10.0. The largest absolute Gasteiger partial charge is 0.474 e. The number of benzene rings is 2. The summed E-state index contributed by atoms with van der Waals surface area (Å²) in [5.74, 6) is -5.55. The first kappa shape index (κ1) is 32.3. The molecular weight excluding hydrogens is 534 g/mol. The van der Waals surface area contributed by atoms with Crippen molar-refractivity contribution in [3.8, 4) is 0 Å². The van der Waals surface area contributed by atoms with E-state index in [-0.39, 0.29) is 12.8 Å². The van der Waals surface area contributed by atoms with E-state index in [0.29, 0.717) is 5.56 Å². The van der Waals surface area contributed by atoms with E-state index in [1.54, 1.807) is 81.4 Å². The Kier molecular flexibility index (Phi) is 11.8. The van der Waals surface area contributed by atoms with Gasteiger partial charge in [0.05, 0.1) is 0 Å². The average Bonchev–Trinajstić information content (AvgIpc) is 2.90. The SMILES string of the molecule is CC(NC(=O)C(Cc1ccccc1)NC(=O)OC(C)(C)C)C(=O)NNC(=O)[C@H](Cc1ccccc1)NC(=O)C(=O)O. The maximum atomic E-state index is 13.0. The highest BCUT2D eigenvalue weighted by Crippen LogP contribution is 2.09. The van der Waals surface area contributed by atoms with Gasteiger partial charge in [-0.15, -0.1) is 0 Å². The summed E-state index contributed by atoms with van der Waals surface area (Å²) >= 11 is 0. The van der Waals surface area contributed by atoms with E-state index in [9.17, 15) is 28.8 Å². The van der Waals surface area contributed by atoms with Crippen LogP contribution in [0.5, 0.6) is 0 Å². The normalized spacial score (nSPS) is 13.0. The van der Waals surface area contributed by atoms with Crippen molar-refractivity contribution in [2.45, 2.75) is 64.3 Å². The molecule has 2 rings (SSSR count). The summed E-state index contributed by atoms with van der Waals surface area (Å²) in [5, 5.41) is 16.0. The summed E-state index contributed by atoms with van der Waals surface area (Å²) in [7, 11) is 0. The number of hydrogen-bond donors (Lipinski definition) is 6. The average molecular weight is 570 g/mol. The van der Waals surface area contributed by atoms with Gasteiger partial charge < -0.3 is 25.8 Å². The third-order valence-electron chi connectivity index (χ3n) is 5.45. The summed E-state index contributed by atoms with van der Waals surface area (Å²) in [4.78, 5) is 73.5. The van der Waals surface area contributed by atoms with Crippen LogP contribution in [0, 0.1) is 0 Å². The minimum atomic E-state index is -1.78. The first-order chi connectivity index (χ1) is 19.2. The molecule has 0 radical (unpaired) electrons. The predicted molar refractivity (Wildman–Crippen MR) is 147 cm³/mol. The zero-order chi connectivity index (χ0) is 30.6. The molecule has 5 amide bonds. The van der Waals surface area contributed by atoms with Crippen LogP contribution in [0.2, 0.25) is 0 Å². The molecule has 0 heterocycles. The number of hydrazine groups is 1. The molecule has 0 fully saturated rings. The molecule has 6 N–H and O–H groups in total. The quantitative estimate of drug-likeness (QED) is 0.177. The van der Waals surface area contributed by atoms with Crippen LogP contribution in [-0.4, -0.2) is 64.5 Å². The molecular formula is C28H35N5O8. The van der Waals surface area contributed by atoms with Crippen LogP contribution in [0.25, 0.3) is 0 Å². The predicted octanol–water partition coefficient (Wildman–Crippen LogP) is 0.587. The molecule has 0 spiro atoms. The van der Waals surface area contributed by atoms with Crippen molar-refractivity contribution in [2.24, 2.45) is 0 Å². The molecule has 3 atom stereocenters. The van der Waals surface area contributed by atoms with Gasteiger partial charge in [0, 0.05) is 12.8 Å². The number of carboxylic acid groups (broad SMARTS) is 1. The fraction of sp³-hybridized carbons (Fsp3) is 0.357. The van der Waals surface area contributed by atoms with E-state index in [1.165, 1.54) is 6.92 Å². The smallest absolute Gasteiger partial charge is 0.408 e. The standard InChI is InChI=1S/C28H35N5O8/c1-17(29-23(35)20(15-18-11-7-5-8-12-18)31-27(40)41-28(2,3)4)22(34)32-33-24(36)21(30-25(37)26(38)39)16-19-13-9-6-10-14-19/h5-14,17,20-21H,15-16H2,1-4H3,(H,29,35)(H,30,37)(H,31,40)(H,32,34)(H,33,36)(H,38,39)/t17?,20?,21-/m0/s1. The number of hydrogen-bond acceptors (Lipinski definition) is 7. The molecule has 13 nitrogen and oxygen atoms in total. The van der Waals surface area contributed by atoms with E-state index in [1.807, 2.05) is 0 Å². The van der Waals surface area contributed by atoms with Crippen molar-refractivity contribution in [3.63, 3.8) is 0 Å². The first-order valence-corrected chi connectivity index (χ1v) is 12.8. The van der Waals surface area contributed by atoms with Crippen LogP contribution in [-0.2, 0) is 41.6 Å². The molecule has 0 aliphatic carbocycles. The fourth-order valence-electron chi connectivity index (χ4n) is 3.49. The number of nitrogens with one attached hydrogen (secondary N) is 5. The topological polar surface area (TPSA) is 192 Å². The molecule has 13 heteroatoms. The molecule has 0 aromatic heterocycles. The first-order valence-electron chi connectivity index (χ1n) is 12.8. The van der Waals surface area contributed by atoms with E-state index in [2.05, 4.69) is 26.8 Å². The van der Waals surface area contributed by atoms with Gasteiger partial charge in [-0.1, -0.05) is 60.7 Å². The third-order valence-corrected chi connectivity index (χ3v) is 5.45. The van der Waals surface area contributed by atoms with Gasteiger partial charge >= 0.3 is 18.0 Å². The number of ether oxygens (including phenoxy) is 1. The summed E-state index contributed by atoms with van der Waals surface area (Å²) in [6.45, 7) is 6.39. The van der Waals surface area contributed by atoms with Gasteiger partial charge in [-0.3, -0.25) is 30.0 Å². The highest BCUT2D eigenvalue weighted by molar-refractivity contribution is 6.32. The molecule has 0 saturated heterocycles. The fourth-order valence-corrected chi connectivity index (χ4v) is 3.49. The monoisotopic (exact) mass is 569 g/mol. The van der Waals surface area contributed by atoms with Crippen LogP contribution < -0.4 is 26.8 Å². The molecule has 0 aliphatic heterocycles. The van der Waals surface area contributed by atoms with Crippen molar-refractivity contribution in [1.29, 1.82) is 0 Å². The summed E-state index contributed by atoms with van der Waals surface area (Å²) in [5.41, 5.74) is 4.88. The Morgan fingerprint density at radius 2 is 1.17 bits per heavy atom.